The van der Waals surface area contributed by atoms with Crippen LogP contribution < -0.4 is 5.32 Å². The summed E-state index contributed by atoms with van der Waals surface area (Å²) in [6, 6.07) is 0. The lowest BCUT2D eigenvalue weighted by Crippen LogP contribution is -2.21. The Labute approximate surface area is 133 Å². The van der Waals surface area contributed by atoms with Gasteiger partial charge in [0.2, 0.25) is 13.5 Å². The van der Waals surface area contributed by atoms with Crippen molar-refractivity contribution < 1.29 is 5.11 Å². The van der Waals surface area contributed by atoms with E-state index < -0.39 is 13.8 Å². The smallest absolute Gasteiger partial charge is 0.250 e. The maximum Gasteiger partial charge on any atom is 0.250 e. The van der Waals surface area contributed by atoms with Gasteiger partial charge in [0, 0.05) is 0 Å². The lowest BCUT2D eigenvalue weighted by molar-refractivity contribution is 0.223. The molecular formula is C7H6Cl6N4O. The minimum Gasteiger partial charge on any atom is -0.374 e. The molecule has 0 fully saturated rings. The molecule has 0 bridgehead atoms. The molecule has 0 amide bonds. The molecule has 1 aromatic heterocycles. The number of aliphatic hydroxyl groups is 1. The van der Waals surface area contributed by atoms with E-state index in [1.165, 1.54) is 6.92 Å². The number of anilines is 1. The van der Waals surface area contributed by atoms with Crippen LogP contribution in [0.1, 0.15) is 18.6 Å². The maximum absolute atomic E-state index is 9.18. The van der Waals surface area contributed by atoms with Crippen LogP contribution in [0.5, 0.6) is 0 Å². The molecule has 1 heterocycles. The summed E-state index contributed by atoms with van der Waals surface area (Å²) in [6.07, 6.45) is -0.946. The molecule has 0 saturated heterocycles. The van der Waals surface area contributed by atoms with E-state index in [9.17, 15) is 5.11 Å². The van der Waals surface area contributed by atoms with Gasteiger partial charge in [-0.05, 0) is 6.92 Å². The Morgan fingerprint density at radius 3 is 1.61 bits per heavy atom. The second-order valence-corrected chi connectivity index (χ2v) is 7.68. The van der Waals surface area contributed by atoms with Crippen molar-refractivity contribution in [2.45, 2.75) is 20.7 Å². The monoisotopic (exact) mass is 372 g/mol. The van der Waals surface area contributed by atoms with Crippen LogP contribution in [0, 0.1) is 0 Å². The van der Waals surface area contributed by atoms with Gasteiger partial charge in [-0.15, -0.1) is 0 Å². The van der Waals surface area contributed by atoms with Gasteiger partial charge in [-0.25, -0.2) is 4.98 Å². The molecule has 0 aliphatic carbocycles. The van der Waals surface area contributed by atoms with Crippen molar-refractivity contribution in [1.82, 2.24) is 15.0 Å². The Balaban J connectivity index is 3.29. The van der Waals surface area contributed by atoms with E-state index in [0.717, 1.165) is 0 Å². The van der Waals surface area contributed by atoms with Crippen LogP contribution in [0.15, 0.2) is 0 Å². The first-order valence-electron chi connectivity index (χ1n) is 4.35. The standard InChI is InChI=1S/C7H6Cl6N4O/c1-2(18)14-5-16-3(6(8,9)10)15-4(17-5)7(11,12)13/h2,18H,1H3,(H,14,15,16,17). The van der Waals surface area contributed by atoms with Gasteiger partial charge in [0.05, 0.1) is 0 Å². The number of nitrogens with zero attached hydrogens (tertiary/aromatic N) is 3. The van der Waals surface area contributed by atoms with Gasteiger partial charge >= 0.3 is 0 Å². The Kier molecular flexibility index (Phi) is 5.40. The van der Waals surface area contributed by atoms with Gasteiger partial charge in [-0.3, -0.25) is 0 Å². The Hall–Kier alpha value is 0.510. The summed E-state index contributed by atoms with van der Waals surface area (Å²) < 4.78 is -3.83. The van der Waals surface area contributed by atoms with Crippen LogP contribution in [0.2, 0.25) is 0 Å². The summed E-state index contributed by atoms with van der Waals surface area (Å²) in [4.78, 5) is 11.3. The van der Waals surface area contributed by atoms with E-state index in [1.54, 1.807) is 0 Å². The number of hydrogen-bond acceptors (Lipinski definition) is 5. The highest BCUT2D eigenvalue weighted by atomic mass is 35.6. The lowest BCUT2D eigenvalue weighted by Gasteiger charge is -2.16. The second-order valence-electron chi connectivity index (χ2n) is 3.12. The number of halogens is 6. The lowest BCUT2D eigenvalue weighted by atomic mass is 10.5. The van der Waals surface area contributed by atoms with Crippen LogP contribution >= 0.6 is 69.6 Å². The molecule has 0 saturated carbocycles. The molecule has 0 aliphatic rings. The summed E-state index contributed by atoms with van der Waals surface area (Å²) in [5.74, 6) is -0.540. The van der Waals surface area contributed by atoms with Crippen LogP contribution in [-0.4, -0.2) is 26.3 Å². The fourth-order valence-corrected chi connectivity index (χ4v) is 1.39. The fraction of sp³-hybridized carbons (Fsp3) is 0.571. The van der Waals surface area contributed by atoms with Crippen molar-refractivity contribution in [3.63, 3.8) is 0 Å². The molecule has 11 heteroatoms. The molecule has 18 heavy (non-hydrogen) atoms. The van der Waals surface area contributed by atoms with E-state index in [0.29, 0.717) is 0 Å². The van der Waals surface area contributed by atoms with Crippen molar-refractivity contribution in [3.8, 4) is 0 Å². The summed E-state index contributed by atoms with van der Waals surface area (Å²) in [5, 5.41) is 11.7. The zero-order valence-corrected chi connectivity index (χ0v) is 13.2. The van der Waals surface area contributed by atoms with Crippen LogP contribution in [0.4, 0.5) is 5.95 Å². The second kappa shape index (κ2) is 5.87. The number of alkyl halides is 6. The maximum atomic E-state index is 9.18. The van der Waals surface area contributed by atoms with Crippen molar-refractivity contribution in [2.24, 2.45) is 0 Å². The number of nitrogens with one attached hydrogen (secondary N) is 1. The predicted octanol–water partition coefficient (Wildman–Crippen LogP) is 3.28. The van der Waals surface area contributed by atoms with Crippen molar-refractivity contribution >= 4 is 75.6 Å². The largest absolute Gasteiger partial charge is 0.374 e. The van der Waals surface area contributed by atoms with Crippen molar-refractivity contribution in [3.05, 3.63) is 11.6 Å². The summed E-state index contributed by atoms with van der Waals surface area (Å²) in [7, 11) is 0. The molecule has 102 valence electrons. The molecule has 0 spiro atoms. The Bertz CT molecular complexity index is 397. The molecule has 5 nitrogen and oxygen atoms in total. The van der Waals surface area contributed by atoms with Crippen LogP contribution in [-0.2, 0) is 7.59 Å². The van der Waals surface area contributed by atoms with E-state index in [-0.39, 0.29) is 17.6 Å². The summed E-state index contributed by atoms with van der Waals surface area (Å²) in [5.41, 5.74) is 0. The molecule has 0 radical (unpaired) electrons. The third-order valence-corrected chi connectivity index (χ3v) is 2.49. The molecular weight excluding hydrogens is 369 g/mol. The van der Waals surface area contributed by atoms with Gasteiger partial charge < -0.3 is 10.4 Å². The summed E-state index contributed by atoms with van der Waals surface area (Å²) in [6.45, 7) is 1.44. The first kappa shape index (κ1) is 16.6. The zero-order chi connectivity index (χ0) is 14.1. The average Bonchev–Trinajstić information content (AvgIpc) is 2.13. The van der Waals surface area contributed by atoms with E-state index in [1.807, 2.05) is 0 Å². The summed E-state index contributed by atoms with van der Waals surface area (Å²) >= 11 is 33.9. The van der Waals surface area contributed by atoms with Gasteiger partial charge in [0.1, 0.15) is 6.23 Å². The number of rotatable bonds is 2. The van der Waals surface area contributed by atoms with Gasteiger partial charge in [-0.2, -0.15) is 9.97 Å². The fourth-order valence-electron chi connectivity index (χ4n) is 0.881. The molecule has 0 aromatic carbocycles. The first-order chi connectivity index (χ1) is 8.00. The third-order valence-electron chi connectivity index (χ3n) is 1.48. The van der Waals surface area contributed by atoms with Crippen LogP contribution in [0.3, 0.4) is 0 Å². The number of aliphatic hydroxyl groups excluding tert-OH is 1. The normalized spacial score (nSPS) is 14.4. The topological polar surface area (TPSA) is 70.9 Å². The van der Waals surface area contributed by atoms with E-state index in [4.69, 9.17) is 69.6 Å². The molecule has 1 aromatic rings. The minimum atomic E-state index is -1.91. The van der Waals surface area contributed by atoms with E-state index >= 15 is 0 Å². The molecule has 2 N–H and O–H groups in total. The predicted molar refractivity (Wildman–Crippen MR) is 73.6 cm³/mol. The molecule has 1 unspecified atom stereocenters. The molecule has 0 aliphatic heterocycles. The average molecular weight is 375 g/mol. The Morgan fingerprint density at radius 1 is 0.944 bits per heavy atom. The van der Waals surface area contributed by atoms with E-state index in [2.05, 4.69) is 20.3 Å². The molecule has 1 rings (SSSR count). The zero-order valence-electron chi connectivity index (χ0n) is 8.63. The highest BCUT2D eigenvalue weighted by molar-refractivity contribution is 6.67. The Morgan fingerprint density at radius 2 is 1.33 bits per heavy atom. The van der Waals surface area contributed by atoms with Crippen molar-refractivity contribution in [2.75, 3.05) is 5.32 Å². The van der Waals surface area contributed by atoms with Gasteiger partial charge in [-0.1, -0.05) is 69.6 Å². The van der Waals surface area contributed by atoms with Gasteiger partial charge in [0.15, 0.2) is 11.6 Å². The SMILES string of the molecule is CC(O)Nc1nc(C(Cl)(Cl)Cl)nc(C(Cl)(Cl)Cl)n1. The highest BCUT2D eigenvalue weighted by Gasteiger charge is 2.33. The highest BCUT2D eigenvalue weighted by Crippen LogP contribution is 2.40. The number of aromatic nitrogens is 3. The minimum absolute atomic E-state index is 0.0809. The third kappa shape index (κ3) is 4.89. The number of hydrogen-bond donors (Lipinski definition) is 2. The van der Waals surface area contributed by atoms with Gasteiger partial charge in [0.25, 0.3) is 0 Å². The van der Waals surface area contributed by atoms with Crippen LogP contribution in [0.25, 0.3) is 0 Å². The van der Waals surface area contributed by atoms with Crippen molar-refractivity contribution in [1.29, 1.82) is 0 Å². The quantitative estimate of drug-likeness (QED) is 0.614. The first-order valence-corrected chi connectivity index (χ1v) is 6.62. The molecule has 1 atom stereocenters.